The van der Waals surface area contributed by atoms with E-state index in [1.165, 1.54) is 13.0 Å². The third-order valence-corrected chi connectivity index (χ3v) is 1.28. The molecular weight excluding hydrogens is 200 g/mol. The van der Waals surface area contributed by atoms with Crippen molar-refractivity contribution in [2.24, 2.45) is 0 Å². The molecule has 5 nitrogen and oxygen atoms in total. The highest BCUT2D eigenvalue weighted by molar-refractivity contribution is 5.94. The fourth-order valence-electron chi connectivity index (χ4n) is 0.634. The van der Waals surface area contributed by atoms with Crippen LogP contribution in [-0.4, -0.2) is 17.7 Å². The first kappa shape index (κ1) is 13.1. The highest BCUT2D eigenvalue weighted by atomic mass is 17.2. The van der Waals surface area contributed by atoms with Gasteiger partial charge in [0, 0.05) is 5.57 Å². The maximum absolute atomic E-state index is 11.0. The normalized spacial score (nSPS) is 8.87. The third-order valence-electron chi connectivity index (χ3n) is 1.28. The van der Waals surface area contributed by atoms with E-state index in [1.807, 2.05) is 0 Å². The topological polar surface area (TPSA) is 69.7 Å². The maximum atomic E-state index is 11.0. The summed E-state index contributed by atoms with van der Waals surface area (Å²) in [6.45, 7) is 8.00. The van der Waals surface area contributed by atoms with Crippen LogP contribution in [0.2, 0.25) is 0 Å². The van der Waals surface area contributed by atoms with Crippen LogP contribution in [0.25, 0.3) is 0 Å². The van der Waals surface area contributed by atoms with Gasteiger partial charge in [-0.2, -0.15) is 0 Å². The molecule has 0 unspecified atom stereocenters. The third kappa shape index (κ3) is 6.20. The van der Waals surface area contributed by atoms with E-state index in [1.54, 1.807) is 0 Å². The molecule has 0 aliphatic heterocycles. The molecule has 0 rings (SSSR count). The molecule has 0 N–H and O–H groups in total. The average Bonchev–Trinajstić information content (AvgIpc) is 2.13. The molecule has 0 aliphatic rings. The number of ketones is 1. The van der Waals surface area contributed by atoms with E-state index < -0.39 is 18.4 Å². The Morgan fingerprint density at radius 2 is 1.87 bits per heavy atom. The number of hydrogen-bond acceptors (Lipinski definition) is 5. The predicted octanol–water partition coefficient (Wildman–Crippen LogP) is 1.10. The largest absolute Gasteiger partial charge is 0.382 e. The smallest absolute Gasteiger partial charge is 0.299 e. The number of rotatable bonds is 5. The Balaban J connectivity index is 3.90. The van der Waals surface area contributed by atoms with Gasteiger partial charge in [-0.3, -0.25) is 4.79 Å². The second-order valence-electron chi connectivity index (χ2n) is 2.80. The highest BCUT2D eigenvalue weighted by Crippen LogP contribution is 2.02. The van der Waals surface area contributed by atoms with Gasteiger partial charge in [0.25, 0.3) is 0 Å². The van der Waals surface area contributed by atoms with Gasteiger partial charge in [-0.1, -0.05) is 12.7 Å². The molecule has 82 valence electrons. The molecule has 0 atom stereocenters. The Hall–Kier alpha value is -1.91. The predicted molar refractivity (Wildman–Crippen MR) is 51.4 cm³/mol. The summed E-state index contributed by atoms with van der Waals surface area (Å²) in [5.41, 5.74) is 0.112. The first-order valence-electron chi connectivity index (χ1n) is 4.17. The van der Waals surface area contributed by atoms with E-state index in [0.717, 1.165) is 0 Å². The molecule has 15 heavy (non-hydrogen) atoms. The summed E-state index contributed by atoms with van der Waals surface area (Å²) < 4.78 is 0. The zero-order valence-electron chi connectivity index (χ0n) is 8.45. The zero-order valence-corrected chi connectivity index (χ0v) is 8.45. The second kappa shape index (κ2) is 6.53. The van der Waals surface area contributed by atoms with Crippen LogP contribution in [0.3, 0.4) is 0 Å². The summed E-state index contributed by atoms with van der Waals surface area (Å²) in [4.78, 5) is 40.4. The summed E-state index contributed by atoms with van der Waals surface area (Å²) >= 11 is 0. The van der Waals surface area contributed by atoms with Crippen molar-refractivity contribution >= 4 is 17.7 Å². The van der Waals surface area contributed by atoms with Gasteiger partial charge in [-0.05, 0) is 13.3 Å². The van der Waals surface area contributed by atoms with Crippen LogP contribution in [0, 0.1) is 0 Å². The number of carbonyl (C=O) groups excluding carboxylic acids is 3. The first-order valence-corrected chi connectivity index (χ1v) is 4.17. The Labute approximate surface area is 87.3 Å². The molecule has 0 heterocycles. The molecule has 0 fully saturated rings. The standard InChI is InChI=1S/C10H12O5/c1-4-5-7(2)10(13)15-14-9(12)6-8(3)11/h4H,1-2,5-6H2,3H3. The Morgan fingerprint density at radius 3 is 2.33 bits per heavy atom. The minimum atomic E-state index is -0.915. The molecule has 0 aliphatic carbocycles. The number of hydrogen-bond donors (Lipinski definition) is 0. The maximum Gasteiger partial charge on any atom is 0.382 e. The molecule has 5 heteroatoms. The van der Waals surface area contributed by atoms with Crippen molar-refractivity contribution in [3.8, 4) is 0 Å². The lowest BCUT2D eigenvalue weighted by Gasteiger charge is -2.02. The molecule has 0 bridgehead atoms. The zero-order chi connectivity index (χ0) is 11.8. The SMILES string of the molecule is C=CCC(=C)C(=O)OOC(=O)CC(C)=O. The van der Waals surface area contributed by atoms with Crippen molar-refractivity contribution in [1.29, 1.82) is 0 Å². The second-order valence-corrected chi connectivity index (χ2v) is 2.80. The highest BCUT2D eigenvalue weighted by Gasteiger charge is 2.13. The van der Waals surface area contributed by atoms with E-state index in [9.17, 15) is 14.4 Å². The summed E-state index contributed by atoms with van der Waals surface area (Å²) in [7, 11) is 0. The van der Waals surface area contributed by atoms with Crippen LogP contribution in [0.4, 0.5) is 0 Å². The van der Waals surface area contributed by atoms with Crippen LogP contribution in [0.15, 0.2) is 24.8 Å². The van der Waals surface area contributed by atoms with E-state index in [0.29, 0.717) is 0 Å². The summed E-state index contributed by atoms with van der Waals surface area (Å²) in [6, 6.07) is 0. The molecule has 0 aromatic rings. The van der Waals surface area contributed by atoms with Crippen molar-refractivity contribution in [1.82, 2.24) is 0 Å². The Kier molecular flexibility index (Phi) is 5.70. The monoisotopic (exact) mass is 212 g/mol. The lowest BCUT2D eigenvalue weighted by atomic mass is 10.2. The first-order chi connectivity index (χ1) is 6.97. The summed E-state index contributed by atoms with van der Waals surface area (Å²) in [5, 5.41) is 0. The van der Waals surface area contributed by atoms with E-state index >= 15 is 0 Å². The van der Waals surface area contributed by atoms with Crippen molar-refractivity contribution in [2.75, 3.05) is 0 Å². The molecule has 0 aromatic heterocycles. The van der Waals surface area contributed by atoms with Crippen LogP contribution in [0.1, 0.15) is 19.8 Å². The summed E-state index contributed by atoms with van der Waals surface area (Å²) in [5.74, 6) is -2.14. The van der Waals surface area contributed by atoms with Gasteiger partial charge in [0.2, 0.25) is 0 Å². The number of allylic oxidation sites excluding steroid dienone is 1. The van der Waals surface area contributed by atoms with Crippen molar-refractivity contribution in [2.45, 2.75) is 19.8 Å². The minimum absolute atomic E-state index is 0.112. The van der Waals surface area contributed by atoms with Crippen LogP contribution in [-0.2, 0) is 24.2 Å². The van der Waals surface area contributed by atoms with Gasteiger partial charge in [-0.25, -0.2) is 19.4 Å². The Bertz CT molecular complexity index is 303. The van der Waals surface area contributed by atoms with Crippen LogP contribution < -0.4 is 0 Å². The molecule has 0 saturated carbocycles. The Morgan fingerprint density at radius 1 is 1.27 bits per heavy atom. The molecule has 0 spiro atoms. The van der Waals surface area contributed by atoms with Gasteiger partial charge >= 0.3 is 11.9 Å². The van der Waals surface area contributed by atoms with Gasteiger partial charge in [-0.15, -0.1) is 6.58 Å². The fraction of sp³-hybridized carbons (Fsp3) is 0.300. The lowest BCUT2D eigenvalue weighted by Crippen LogP contribution is -2.14. The van der Waals surface area contributed by atoms with Gasteiger partial charge in [0.05, 0.1) is 0 Å². The molecule has 0 amide bonds. The summed E-state index contributed by atoms with van der Waals surface area (Å²) in [6.07, 6.45) is 1.27. The van der Waals surface area contributed by atoms with Crippen LogP contribution >= 0.6 is 0 Å². The molecular formula is C10H12O5. The molecule has 0 radical (unpaired) electrons. The van der Waals surface area contributed by atoms with Gasteiger partial charge in [0.15, 0.2) is 0 Å². The quantitative estimate of drug-likeness (QED) is 0.224. The minimum Gasteiger partial charge on any atom is -0.299 e. The van der Waals surface area contributed by atoms with Crippen LogP contribution in [0.5, 0.6) is 0 Å². The van der Waals surface area contributed by atoms with Gasteiger partial charge in [0.1, 0.15) is 12.2 Å². The van der Waals surface area contributed by atoms with Gasteiger partial charge < -0.3 is 0 Å². The average molecular weight is 212 g/mol. The number of Topliss-reactive ketones (excluding diaryl/α,β-unsaturated/α-hetero) is 1. The van der Waals surface area contributed by atoms with E-state index in [4.69, 9.17) is 0 Å². The molecule has 0 saturated heterocycles. The fourth-order valence-corrected chi connectivity index (χ4v) is 0.634. The number of carbonyl (C=O) groups is 3. The molecule has 0 aromatic carbocycles. The van der Waals surface area contributed by atoms with E-state index in [2.05, 4.69) is 22.9 Å². The van der Waals surface area contributed by atoms with E-state index in [-0.39, 0.29) is 17.8 Å². The lowest BCUT2D eigenvalue weighted by molar-refractivity contribution is -0.255. The van der Waals surface area contributed by atoms with Crippen molar-refractivity contribution in [3.05, 3.63) is 24.8 Å². The van der Waals surface area contributed by atoms with Crippen molar-refractivity contribution < 1.29 is 24.2 Å². The van der Waals surface area contributed by atoms with Crippen molar-refractivity contribution in [3.63, 3.8) is 0 Å².